The van der Waals surface area contributed by atoms with Gasteiger partial charge in [0.1, 0.15) is 0 Å². The Labute approximate surface area is 136 Å². The SMILES string of the molecule is Cc1cc(C2CCC(C)CC2)ccc1-c1ccc(P)c(N)c1. The number of benzene rings is 2. The molecule has 2 heteroatoms. The minimum absolute atomic E-state index is 0.753. The van der Waals surface area contributed by atoms with Gasteiger partial charge in [0, 0.05) is 5.69 Å². The van der Waals surface area contributed by atoms with Gasteiger partial charge in [-0.3, -0.25) is 0 Å². The van der Waals surface area contributed by atoms with E-state index in [1.54, 1.807) is 0 Å². The highest BCUT2D eigenvalue weighted by Crippen LogP contribution is 2.37. The second-order valence-electron chi connectivity index (χ2n) is 6.87. The van der Waals surface area contributed by atoms with Crippen LogP contribution in [0, 0.1) is 12.8 Å². The molecular formula is C20H26NP. The van der Waals surface area contributed by atoms with E-state index in [1.807, 2.05) is 0 Å². The summed E-state index contributed by atoms with van der Waals surface area (Å²) >= 11 is 0. The average Bonchev–Trinajstić information content (AvgIpc) is 2.51. The molecule has 0 radical (unpaired) electrons. The van der Waals surface area contributed by atoms with E-state index >= 15 is 0 Å². The number of rotatable bonds is 2. The summed E-state index contributed by atoms with van der Waals surface area (Å²) in [4.78, 5) is 0. The summed E-state index contributed by atoms with van der Waals surface area (Å²) in [6.45, 7) is 4.60. The highest BCUT2D eigenvalue weighted by molar-refractivity contribution is 7.28. The van der Waals surface area contributed by atoms with Crippen LogP contribution < -0.4 is 11.0 Å². The first-order chi connectivity index (χ1) is 10.5. The van der Waals surface area contributed by atoms with Gasteiger partial charge in [-0.2, -0.15) is 0 Å². The predicted molar refractivity (Wildman–Crippen MR) is 101 cm³/mol. The molecule has 0 saturated heterocycles. The third kappa shape index (κ3) is 3.20. The molecule has 0 amide bonds. The Morgan fingerprint density at radius 1 is 1.00 bits per heavy atom. The lowest BCUT2D eigenvalue weighted by Gasteiger charge is -2.27. The van der Waals surface area contributed by atoms with E-state index in [0.29, 0.717) is 0 Å². The molecule has 2 aromatic carbocycles. The van der Waals surface area contributed by atoms with Gasteiger partial charge in [0.25, 0.3) is 0 Å². The molecular weight excluding hydrogens is 285 g/mol. The van der Waals surface area contributed by atoms with Crippen LogP contribution in [0.25, 0.3) is 11.1 Å². The molecule has 116 valence electrons. The molecule has 0 aromatic heterocycles. The van der Waals surface area contributed by atoms with Crippen LogP contribution in [0.15, 0.2) is 36.4 Å². The smallest absolute Gasteiger partial charge is 0.0392 e. The van der Waals surface area contributed by atoms with Gasteiger partial charge in [-0.25, -0.2) is 0 Å². The maximum atomic E-state index is 6.05. The van der Waals surface area contributed by atoms with E-state index in [1.165, 1.54) is 47.9 Å². The fourth-order valence-corrected chi connectivity index (χ4v) is 3.78. The summed E-state index contributed by atoms with van der Waals surface area (Å²) in [5.41, 5.74) is 12.3. The van der Waals surface area contributed by atoms with E-state index in [2.05, 4.69) is 59.5 Å². The molecule has 1 nitrogen and oxygen atoms in total. The number of hydrogen-bond donors (Lipinski definition) is 1. The van der Waals surface area contributed by atoms with Gasteiger partial charge in [-0.05, 0) is 65.2 Å². The molecule has 3 rings (SSSR count). The summed E-state index contributed by atoms with van der Waals surface area (Å²) in [5.74, 6) is 1.66. The Kier molecular flexibility index (Phi) is 4.54. The van der Waals surface area contributed by atoms with E-state index in [9.17, 15) is 0 Å². The number of anilines is 1. The zero-order valence-corrected chi connectivity index (χ0v) is 14.8. The van der Waals surface area contributed by atoms with Crippen molar-refractivity contribution >= 4 is 20.2 Å². The molecule has 0 bridgehead atoms. The highest BCUT2D eigenvalue weighted by atomic mass is 31.0. The van der Waals surface area contributed by atoms with E-state index in [0.717, 1.165) is 22.8 Å². The monoisotopic (exact) mass is 311 g/mol. The summed E-state index contributed by atoms with van der Waals surface area (Å²) in [6.07, 6.45) is 5.43. The largest absolute Gasteiger partial charge is 0.398 e. The number of nitrogens with two attached hydrogens (primary N) is 1. The third-order valence-corrected chi connectivity index (χ3v) is 5.66. The Balaban J connectivity index is 1.87. The summed E-state index contributed by atoms with van der Waals surface area (Å²) < 4.78 is 0. The molecule has 1 aliphatic carbocycles. The second-order valence-corrected chi connectivity index (χ2v) is 7.50. The van der Waals surface area contributed by atoms with Gasteiger partial charge < -0.3 is 5.73 Å². The normalized spacial score (nSPS) is 21.8. The lowest BCUT2D eigenvalue weighted by Crippen LogP contribution is -2.11. The van der Waals surface area contributed by atoms with Crippen molar-refractivity contribution < 1.29 is 0 Å². The summed E-state index contributed by atoms with van der Waals surface area (Å²) in [7, 11) is 2.68. The molecule has 2 aromatic rings. The fourth-order valence-electron chi connectivity index (χ4n) is 3.60. The molecule has 22 heavy (non-hydrogen) atoms. The van der Waals surface area contributed by atoms with Crippen molar-refractivity contribution in [1.29, 1.82) is 0 Å². The molecule has 1 saturated carbocycles. The van der Waals surface area contributed by atoms with Crippen LogP contribution in [0.2, 0.25) is 0 Å². The van der Waals surface area contributed by atoms with Crippen molar-refractivity contribution in [2.75, 3.05) is 5.73 Å². The molecule has 0 aliphatic heterocycles. The fraction of sp³-hybridized carbons (Fsp3) is 0.400. The van der Waals surface area contributed by atoms with Gasteiger partial charge in [0.2, 0.25) is 0 Å². The van der Waals surface area contributed by atoms with Crippen molar-refractivity contribution in [3.05, 3.63) is 47.5 Å². The highest BCUT2D eigenvalue weighted by Gasteiger charge is 2.20. The molecule has 1 unspecified atom stereocenters. The molecule has 0 spiro atoms. The number of hydrogen-bond acceptors (Lipinski definition) is 1. The minimum Gasteiger partial charge on any atom is -0.398 e. The lowest BCUT2D eigenvalue weighted by atomic mass is 9.79. The molecule has 2 N–H and O–H groups in total. The van der Waals surface area contributed by atoms with Gasteiger partial charge >= 0.3 is 0 Å². The number of nitrogen functional groups attached to an aromatic ring is 1. The van der Waals surface area contributed by atoms with Gasteiger partial charge in [-0.1, -0.05) is 50.1 Å². The molecule has 1 fully saturated rings. The second kappa shape index (κ2) is 6.42. The number of aryl methyl sites for hydroxylation is 1. The Bertz CT molecular complexity index is 669. The van der Waals surface area contributed by atoms with Crippen molar-refractivity contribution in [2.24, 2.45) is 5.92 Å². The standard InChI is InChI=1S/C20H26NP/c1-13-3-5-15(6-4-13)16-7-9-18(14(2)11-16)17-8-10-20(22)19(21)12-17/h7-13,15H,3-6,21-22H2,1-2H3. The van der Waals surface area contributed by atoms with Crippen LogP contribution in [0.5, 0.6) is 0 Å². The minimum atomic E-state index is 0.753. The van der Waals surface area contributed by atoms with Crippen LogP contribution in [0.4, 0.5) is 5.69 Å². The summed E-state index contributed by atoms with van der Waals surface area (Å²) in [5, 5.41) is 1.06. The first-order valence-corrected chi connectivity index (χ1v) is 8.88. The zero-order valence-electron chi connectivity index (χ0n) is 13.6. The van der Waals surface area contributed by atoms with Crippen LogP contribution >= 0.6 is 9.24 Å². The van der Waals surface area contributed by atoms with Gasteiger partial charge in [0.15, 0.2) is 0 Å². The molecule has 0 heterocycles. The first kappa shape index (κ1) is 15.6. The Morgan fingerprint density at radius 2 is 1.73 bits per heavy atom. The maximum absolute atomic E-state index is 6.05. The van der Waals surface area contributed by atoms with Crippen molar-refractivity contribution in [2.45, 2.75) is 45.4 Å². The van der Waals surface area contributed by atoms with Crippen LogP contribution in [0.3, 0.4) is 0 Å². The van der Waals surface area contributed by atoms with Crippen molar-refractivity contribution in [3.8, 4) is 11.1 Å². The first-order valence-electron chi connectivity index (χ1n) is 8.30. The zero-order chi connectivity index (χ0) is 15.7. The lowest BCUT2D eigenvalue weighted by molar-refractivity contribution is 0.348. The molecule has 1 atom stereocenters. The van der Waals surface area contributed by atoms with Crippen LogP contribution in [-0.2, 0) is 0 Å². The Hall–Kier alpha value is -1.33. The van der Waals surface area contributed by atoms with E-state index < -0.39 is 0 Å². The van der Waals surface area contributed by atoms with E-state index in [4.69, 9.17) is 5.73 Å². The molecule has 1 aliphatic rings. The summed E-state index contributed by atoms with van der Waals surface area (Å²) in [6, 6.07) is 13.3. The van der Waals surface area contributed by atoms with E-state index in [-0.39, 0.29) is 0 Å². The third-order valence-electron chi connectivity index (χ3n) is 5.14. The average molecular weight is 311 g/mol. The van der Waals surface area contributed by atoms with Crippen LogP contribution in [-0.4, -0.2) is 0 Å². The maximum Gasteiger partial charge on any atom is 0.0392 e. The predicted octanol–water partition coefficient (Wildman–Crippen LogP) is 5.04. The van der Waals surface area contributed by atoms with Gasteiger partial charge in [0.05, 0.1) is 0 Å². The van der Waals surface area contributed by atoms with Crippen LogP contribution in [0.1, 0.15) is 49.7 Å². The quantitative estimate of drug-likeness (QED) is 0.610. The van der Waals surface area contributed by atoms with Crippen molar-refractivity contribution in [1.82, 2.24) is 0 Å². The van der Waals surface area contributed by atoms with Crippen molar-refractivity contribution in [3.63, 3.8) is 0 Å². The topological polar surface area (TPSA) is 26.0 Å². The van der Waals surface area contributed by atoms with Gasteiger partial charge in [-0.15, -0.1) is 9.24 Å². The Morgan fingerprint density at radius 3 is 2.36 bits per heavy atom.